The summed E-state index contributed by atoms with van der Waals surface area (Å²) in [6.45, 7) is 0.519. The highest BCUT2D eigenvalue weighted by atomic mass is 16.5. The second-order valence-corrected chi connectivity index (χ2v) is 4.69. The molecule has 1 aromatic rings. The van der Waals surface area contributed by atoms with Crippen LogP contribution in [0.2, 0.25) is 0 Å². The maximum Gasteiger partial charge on any atom is 0.274 e. The van der Waals surface area contributed by atoms with Crippen LogP contribution < -0.4 is 5.32 Å². The lowest BCUT2D eigenvalue weighted by Gasteiger charge is -2.19. The predicted molar refractivity (Wildman–Crippen MR) is 73.3 cm³/mol. The maximum absolute atomic E-state index is 11.8. The Kier molecular flexibility index (Phi) is 6.37. The van der Waals surface area contributed by atoms with E-state index in [1.165, 1.54) is 7.11 Å². The van der Waals surface area contributed by atoms with Crippen molar-refractivity contribution < 1.29 is 19.4 Å². The summed E-state index contributed by atoms with van der Waals surface area (Å²) < 4.78 is 6.44. The van der Waals surface area contributed by atoms with E-state index in [0.717, 1.165) is 0 Å². The molecule has 1 aromatic heterocycles. The minimum Gasteiger partial charge on any atom is -0.389 e. The van der Waals surface area contributed by atoms with Crippen LogP contribution in [0.15, 0.2) is 18.3 Å². The van der Waals surface area contributed by atoms with E-state index in [4.69, 9.17) is 4.74 Å². The molecule has 1 rings (SSSR count). The van der Waals surface area contributed by atoms with Gasteiger partial charge < -0.3 is 14.4 Å². The van der Waals surface area contributed by atoms with Crippen LogP contribution >= 0.6 is 0 Å². The fraction of sp³-hybridized carbons (Fsp3) is 0.538. The zero-order valence-corrected chi connectivity index (χ0v) is 12.0. The van der Waals surface area contributed by atoms with Gasteiger partial charge in [0.2, 0.25) is 5.91 Å². The molecule has 0 aliphatic rings. The van der Waals surface area contributed by atoms with Crippen molar-refractivity contribution in [2.24, 2.45) is 7.05 Å². The number of likely N-dealkylation sites (N-methyl/N-ethyl adjacent to an activating group) is 1. The lowest BCUT2D eigenvalue weighted by Crippen LogP contribution is -2.42. The predicted octanol–water partition coefficient (Wildman–Crippen LogP) is -0.779. The first-order valence-electron chi connectivity index (χ1n) is 6.25. The molecule has 2 N–H and O–H groups in total. The summed E-state index contributed by atoms with van der Waals surface area (Å²) in [5.74, 6) is -0.850. The summed E-state index contributed by atoms with van der Waals surface area (Å²) in [5, 5.41) is 11.8. The number of aliphatic hydroxyl groups excluding tert-OH is 1. The molecule has 7 heteroatoms. The highest BCUT2D eigenvalue weighted by Crippen LogP contribution is 1.99. The third-order valence-electron chi connectivity index (χ3n) is 2.72. The molecule has 0 aliphatic heterocycles. The SMILES string of the molecule is COCC(O)CN(C)CC(=O)NC(=O)c1cccn1C. The summed E-state index contributed by atoms with van der Waals surface area (Å²) in [4.78, 5) is 25.1. The van der Waals surface area contributed by atoms with Gasteiger partial charge in [-0.15, -0.1) is 0 Å². The van der Waals surface area contributed by atoms with E-state index < -0.39 is 17.9 Å². The molecule has 7 nitrogen and oxygen atoms in total. The molecule has 1 heterocycles. The van der Waals surface area contributed by atoms with Gasteiger partial charge in [-0.05, 0) is 19.2 Å². The molecule has 0 aliphatic carbocycles. The monoisotopic (exact) mass is 283 g/mol. The normalized spacial score (nSPS) is 12.4. The highest BCUT2D eigenvalue weighted by Gasteiger charge is 2.15. The van der Waals surface area contributed by atoms with Crippen molar-refractivity contribution in [2.45, 2.75) is 6.10 Å². The molecule has 1 atom stereocenters. The number of hydrogen-bond donors (Lipinski definition) is 2. The van der Waals surface area contributed by atoms with Crippen LogP contribution in [0.5, 0.6) is 0 Å². The number of nitrogens with one attached hydrogen (secondary N) is 1. The number of amides is 2. The second kappa shape index (κ2) is 7.78. The van der Waals surface area contributed by atoms with Gasteiger partial charge in [0.25, 0.3) is 5.91 Å². The number of aliphatic hydroxyl groups is 1. The van der Waals surface area contributed by atoms with Crippen LogP contribution in [0, 0.1) is 0 Å². The van der Waals surface area contributed by atoms with Gasteiger partial charge in [0.05, 0.1) is 19.3 Å². The Balaban J connectivity index is 2.40. The number of ether oxygens (including phenoxy) is 1. The van der Waals surface area contributed by atoms with Crippen LogP contribution in [-0.4, -0.2) is 66.3 Å². The van der Waals surface area contributed by atoms with E-state index in [1.54, 1.807) is 41.9 Å². The summed E-state index contributed by atoms with van der Waals surface area (Å²) in [5.41, 5.74) is 0.417. The molecule has 0 saturated carbocycles. The minimum atomic E-state index is -0.665. The number of imide groups is 1. The topological polar surface area (TPSA) is 83.8 Å². The number of aryl methyl sites for hydroxylation is 1. The molecular formula is C13H21N3O4. The van der Waals surface area contributed by atoms with Gasteiger partial charge in [-0.25, -0.2) is 0 Å². The maximum atomic E-state index is 11.8. The number of hydrogen-bond acceptors (Lipinski definition) is 5. The minimum absolute atomic E-state index is 0.0247. The molecule has 0 spiro atoms. The Bertz CT molecular complexity index is 458. The second-order valence-electron chi connectivity index (χ2n) is 4.69. The van der Waals surface area contributed by atoms with E-state index in [9.17, 15) is 14.7 Å². The number of carbonyl (C=O) groups excluding carboxylic acids is 2. The molecule has 0 fully saturated rings. The molecule has 2 amide bonds. The summed E-state index contributed by atoms with van der Waals surface area (Å²) in [7, 11) is 4.91. The van der Waals surface area contributed by atoms with Gasteiger partial charge in [0.15, 0.2) is 0 Å². The Morgan fingerprint density at radius 1 is 1.55 bits per heavy atom. The molecule has 0 saturated heterocycles. The fourth-order valence-electron chi connectivity index (χ4n) is 1.84. The summed E-state index contributed by atoms with van der Waals surface area (Å²) in [6, 6.07) is 3.36. The Labute approximate surface area is 118 Å². The lowest BCUT2D eigenvalue weighted by molar-refractivity contribution is -0.121. The first-order valence-corrected chi connectivity index (χ1v) is 6.25. The largest absolute Gasteiger partial charge is 0.389 e. The molecule has 0 bridgehead atoms. The first kappa shape index (κ1) is 16.4. The number of methoxy groups -OCH3 is 1. The Hall–Kier alpha value is -1.70. The molecule has 20 heavy (non-hydrogen) atoms. The van der Waals surface area contributed by atoms with Crippen LogP contribution in [-0.2, 0) is 16.6 Å². The number of carbonyl (C=O) groups is 2. The molecular weight excluding hydrogens is 262 g/mol. The number of aromatic nitrogens is 1. The van der Waals surface area contributed by atoms with Crippen molar-refractivity contribution in [1.29, 1.82) is 0 Å². The lowest BCUT2D eigenvalue weighted by atomic mass is 10.3. The van der Waals surface area contributed by atoms with E-state index >= 15 is 0 Å². The average Bonchev–Trinajstić information content (AvgIpc) is 2.74. The standard InChI is InChI=1S/C13H21N3O4/c1-15(7-10(17)9-20-3)8-12(18)14-13(19)11-5-4-6-16(11)2/h4-6,10,17H,7-9H2,1-3H3,(H,14,18,19). The van der Waals surface area contributed by atoms with Gasteiger partial charge in [0.1, 0.15) is 5.69 Å². The molecule has 1 unspecified atom stereocenters. The summed E-state index contributed by atoms with van der Waals surface area (Å²) >= 11 is 0. The van der Waals surface area contributed by atoms with Crippen molar-refractivity contribution in [2.75, 3.05) is 33.9 Å². The third kappa shape index (κ3) is 5.12. The van der Waals surface area contributed by atoms with Crippen LogP contribution in [0.1, 0.15) is 10.5 Å². The summed E-state index contributed by atoms with van der Waals surface area (Å²) in [6.07, 6.45) is 1.06. The Morgan fingerprint density at radius 3 is 2.80 bits per heavy atom. The first-order chi connectivity index (χ1) is 9.43. The van der Waals surface area contributed by atoms with Crippen LogP contribution in [0.25, 0.3) is 0 Å². The van der Waals surface area contributed by atoms with Crippen molar-refractivity contribution in [3.8, 4) is 0 Å². The van der Waals surface area contributed by atoms with Gasteiger partial charge in [-0.1, -0.05) is 0 Å². The van der Waals surface area contributed by atoms with Gasteiger partial charge in [0, 0.05) is 26.9 Å². The third-order valence-corrected chi connectivity index (χ3v) is 2.72. The van der Waals surface area contributed by atoms with Gasteiger partial charge in [-0.2, -0.15) is 0 Å². The average molecular weight is 283 g/mol. The van der Waals surface area contributed by atoms with Crippen molar-refractivity contribution in [1.82, 2.24) is 14.8 Å². The van der Waals surface area contributed by atoms with E-state index in [2.05, 4.69) is 5.32 Å². The zero-order chi connectivity index (χ0) is 15.1. The van der Waals surface area contributed by atoms with Crippen molar-refractivity contribution in [3.63, 3.8) is 0 Å². The van der Waals surface area contributed by atoms with E-state index in [1.807, 2.05) is 0 Å². The van der Waals surface area contributed by atoms with E-state index in [0.29, 0.717) is 12.2 Å². The molecule has 0 aromatic carbocycles. The molecule has 0 radical (unpaired) electrons. The highest BCUT2D eigenvalue weighted by molar-refractivity contribution is 6.04. The van der Waals surface area contributed by atoms with Gasteiger partial charge >= 0.3 is 0 Å². The van der Waals surface area contributed by atoms with Crippen LogP contribution in [0.3, 0.4) is 0 Å². The quantitative estimate of drug-likeness (QED) is 0.686. The number of rotatable bonds is 7. The van der Waals surface area contributed by atoms with E-state index in [-0.39, 0.29) is 13.2 Å². The van der Waals surface area contributed by atoms with Crippen molar-refractivity contribution in [3.05, 3.63) is 24.0 Å². The smallest absolute Gasteiger partial charge is 0.274 e. The van der Waals surface area contributed by atoms with Crippen LogP contribution in [0.4, 0.5) is 0 Å². The Morgan fingerprint density at radius 2 is 2.25 bits per heavy atom. The molecule has 112 valence electrons. The number of nitrogens with zero attached hydrogens (tertiary/aromatic N) is 2. The van der Waals surface area contributed by atoms with Crippen molar-refractivity contribution >= 4 is 11.8 Å². The zero-order valence-electron chi connectivity index (χ0n) is 12.0. The fourth-order valence-corrected chi connectivity index (χ4v) is 1.84. The van der Waals surface area contributed by atoms with Gasteiger partial charge in [-0.3, -0.25) is 19.8 Å².